The van der Waals surface area contributed by atoms with Gasteiger partial charge in [-0.3, -0.25) is 0 Å². The molecule has 5 heteroatoms. The van der Waals surface area contributed by atoms with Gasteiger partial charge in [-0.1, -0.05) is 24.3 Å². The maximum absolute atomic E-state index is 9.54. The van der Waals surface area contributed by atoms with Crippen LogP contribution in [0.4, 0.5) is 0 Å². The Labute approximate surface area is 155 Å². The minimum atomic E-state index is -0.0945. The maximum Gasteiger partial charge on any atom is 0.120 e. The summed E-state index contributed by atoms with van der Waals surface area (Å²) >= 11 is 3.59. The monoisotopic (exact) mass is 398 g/mol. The van der Waals surface area contributed by atoms with E-state index in [0.29, 0.717) is 11.8 Å². The van der Waals surface area contributed by atoms with Crippen molar-refractivity contribution in [3.63, 3.8) is 0 Å². The van der Waals surface area contributed by atoms with Gasteiger partial charge in [0.05, 0.1) is 29.8 Å². The predicted octanol–water partition coefficient (Wildman–Crippen LogP) is 4.73. The Morgan fingerprint density at radius 2 is 1.96 bits per heavy atom. The fraction of sp³-hybridized carbons (Fsp3) is 0.250. The minimum Gasteiger partial charge on any atom is -0.490 e. The van der Waals surface area contributed by atoms with Crippen molar-refractivity contribution >= 4 is 15.9 Å². The first-order valence-electron chi connectivity index (χ1n) is 8.46. The highest BCUT2D eigenvalue weighted by Gasteiger charge is 2.20. The Balaban J connectivity index is 1.76. The van der Waals surface area contributed by atoms with Gasteiger partial charge in [0.25, 0.3) is 0 Å². The van der Waals surface area contributed by atoms with Gasteiger partial charge in [-0.15, -0.1) is 0 Å². The molecular weight excluding hydrogens is 380 g/mol. The number of ether oxygens (including phenoxy) is 1. The van der Waals surface area contributed by atoms with Crippen LogP contribution in [0.25, 0.3) is 16.9 Å². The molecule has 0 aliphatic heterocycles. The topological polar surface area (TPSA) is 47.3 Å². The number of aliphatic hydroxyl groups excluding tert-OH is 1. The first kappa shape index (κ1) is 16.4. The van der Waals surface area contributed by atoms with Gasteiger partial charge in [0, 0.05) is 10.0 Å². The van der Waals surface area contributed by atoms with Crippen LogP contribution >= 0.6 is 15.9 Å². The van der Waals surface area contributed by atoms with Gasteiger partial charge in [0.1, 0.15) is 5.75 Å². The zero-order valence-electron chi connectivity index (χ0n) is 13.7. The highest BCUT2D eigenvalue weighted by Crippen LogP contribution is 2.31. The predicted molar refractivity (Wildman–Crippen MR) is 101 cm³/mol. The van der Waals surface area contributed by atoms with E-state index in [0.717, 1.165) is 40.0 Å². The van der Waals surface area contributed by atoms with E-state index in [4.69, 9.17) is 4.74 Å². The van der Waals surface area contributed by atoms with Gasteiger partial charge in [0.2, 0.25) is 0 Å². The first-order chi connectivity index (χ1) is 12.2. The van der Waals surface area contributed by atoms with Gasteiger partial charge >= 0.3 is 0 Å². The van der Waals surface area contributed by atoms with Crippen molar-refractivity contribution in [2.24, 2.45) is 0 Å². The van der Waals surface area contributed by atoms with Crippen molar-refractivity contribution in [2.75, 3.05) is 0 Å². The van der Waals surface area contributed by atoms with E-state index < -0.39 is 0 Å². The van der Waals surface area contributed by atoms with Gasteiger partial charge in [-0.05, 0) is 65.5 Å². The Morgan fingerprint density at radius 3 is 2.68 bits per heavy atom. The van der Waals surface area contributed by atoms with Crippen LogP contribution in [0.5, 0.6) is 5.75 Å². The second-order valence-electron chi connectivity index (χ2n) is 6.24. The van der Waals surface area contributed by atoms with Crippen molar-refractivity contribution in [1.82, 2.24) is 9.78 Å². The second kappa shape index (κ2) is 7.02. The fourth-order valence-electron chi connectivity index (χ4n) is 2.93. The number of halogens is 1. The molecule has 4 rings (SSSR count). The standard InChI is InChI=1S/C20H19BrN2O2/c21-18-9-1-2-10-19(18)23-20(12-15(13-24)22-23)14-5-3-8-17(11-14)25-16-6-4-7-16/h1-3,5,8-12,16,24H,4,6-7,13H2. The molecule has 0 saturated heterocycles. The number of nitrogens with zero attached hydrogens (tertiary/aromatic N) is 2. The van der Waals surface area contributed by atoms with Crippen molar-refractivity contribution in [3.8, 4) is 22.7 Å². The molecule has 3 aromatic rings. The van der Waals surface area contributed by atoms with Gasteiger partial charge in [0.15, 0.2) is 0 Å². The van der Waals surface area contributed by atoms with E-state index >= 15 is 0 Å². The number of para-hydroxylation sites is 1. The Hall–Kier alpha value is -2.11. The third kappa shape index (κ3) is 3.34. The molecule has 0 unspecified atom stereocenters. The van der Waals surface area contributed by atoms with Gasteiger partial charge in [-0.2, -0.15) is 5.10 Å². The molecule has 25 heavy (non-hydrogen) atoms. The van der Waals surface area contributed by atoms with Crippen LogP contribution < -0.4 is 4.74 Å². The lowest BCUT2D eigenvalue weighted by atomic mass is 9.96. The van der Waals surface area contributed by atoms with E-state index in [9.17, 15) is 5.11 Å². The molecule has 1 aliphatic carbocycles. The summed E-state index contributed by atoms with van der Waals surface area (Å²) in [6.07, 6.45) is 3.86. The summed E-state index contributed by atoms with van der Waals surface area (Å²) in [6.45, 7) is -0.0945. The summed E-state index contributed by atoms with van der Waals surface area (Å²) < 4.78 is 8.84. The quantitative estimate of drug-likeness (QED) is 0.675. The molecular formula is C20H19BrN2O2. The van der Waals surface area contributed by atoms with Gasteiger partial charge in [-0.25, -0.2) is 4.68 Å². The lowest BCUT2D eigenvalue weighted by Crippen LogP contribution is -2.24. The molecule has 0 atom stereocenters. The third-order valence-corrected chi connectivity index (χ3v) is 5.16. The van der Waals surface area contributed by atoms with Crippen LogP contribution in [0, 0.1) is 0 Å². The average molecular weight is 399 g/mol. The Kier molecular flexibility index (Phi) is 4.59. The van der Waals surface area contributed by atoms with E-state index in [-0.39, 0.29) is 6.61 Å². The van der Waals surface area contributed by atoms with Crippen molar-refractivity contribution in [3.05, 3.63) is 64.8 Å². The number of aliphatic hydroxyl groups is 1. The van der Waals surface area contributed by atoms with E-state index in [1.807, 2.05) is 59.3 Å². The van der Waals surface area contributed by atoms with Crippen LogP contribution in [0.3, 0.4) is 0 Å². The minimum absolute atomic E-state index is 0.0945. The van der Waals surface area contributed by atoms with Crippen molar-refractivity contribution in [2.45, 2.75) is 32.0 Å². The van der Waals surface area contributed by atoms with Crippen LogP contribution in [0.1, 0.15) is 25.0 Å². The van der Waals surface area contributed by atoms with Crippen LogP contribution in [-0.4, -0.2) is 21.0 Å². The molecule has 4 nitrogen and oxygen atoms in total. The molecule has 0 spiro atoms. The summed E-state index contributed by atoms with van der Waals surface area (Å²) in [7, 11) is 0. The molecule has 2 aromatic carbocycles. The lowest BCUT2D eigenvalue weighted by Gasteiger charge is -2.26. The third-order valence-electron chi connectivity index (χ3n) is 4.49. The molecule has 1 fully saturated rings. The van der Waals surface area contributed by atoms with Crippen molar-refractivity contribution < 1.29 is 9.84 Å². The SMILES string of the molecule is OCc1cc(-c2cccc(OC3CCC3)c2)n(-c2ccccc2Br)n1. The molecule has 128 valence electrons. The number of aromatic nitrogens is 2. The number of hydrogen-bond donors (Lipinski definition) is 1. The summed E-state index contributed by atoms with van der Waals surface area (Å²) in [5.74, 6) is 0.882. The zero-order chi connectivity index (χ0) is 17.2. The number of hydrogen-bond acceptors (Lipinski definition) is 3. The highest BCUT2D eigenvalue weighted by molar-refractivity contribution is 9.10. The maximum atomic E-state index is 9.54. The molecule has 0 radical (unpaired) electrons. The average Bonchev–Trinajstić information content (AvgIpc) is 3.03. The molecule has 1 aliphatic rings. The largest absolute Gasteiger partial charge is 0.490 e. The van der Waals surface area contributed by atoms with E-state index in [2.05, 4.69) is 21.0 Å². The number of rotatable bonds is 5. The van der Waals surface area contributed by atoms with E-state index in [1.165, 1.54) is 6.42 Å². The van der Waals surface area contributed by atoms with Crippen LogP contribution in [0.15, 0.2) is 59.1 Å². The molecule has 1 saturated carbocycles. The smallest absolute Gasteiger partial charge is 0.120 e. The van der Waals surface area contributed by atoms with Crippen LogP contribution in [-0.2, 0) is 6.61 Å². The second-order valence-corrected chi connectivity index (χ2v) is 7.10. The molecule has 0 amide bonds. The summed E-state index contributed by atoms with van der Waals surface area (Å²) in [5.41, 5.74) is 3.51. The lowest BCUT2D eigenvalue weighted by molar-refractivity contribution is 0.120. The molecule has 1 N–H and O–H groups in total. The highest BCUT2D eigenvalue weighted by atomic mass is 79.9. The number of benzene rings is 2. The fourth-order valence-corrected chi connectivity index (χ4v) is 3.38. The summed E-state index contributed by atoms with van der Waals surface area (Å²) in [5, 5.41) is 14.1. The van der Waals surface area contributed by atoms with Gasteiger partial charge < -0.3 is 9.84 Å². The normalized spacial score (nSPS) is 14.3. The molecule has 1 aromatic heterocycles. The zero-order valence-corrected chi connectivity index (χ0v) is 15.3. The van der Waals surface area contributed by atoms with Crippen LogP contribution in [0.2, 0.25) is 0 Å². The van der Waals surface area contributed by atoms with E-state index in [1.54, 1.807) is 0 Å². The summed E-state index contributed by atoms with van der Waals surface area (Å²) in [6, 6.07) is 17.9. The Bertz CT molecular complexity index is 887. The molecule has 0 bridgehead atoms. The van der Waals surface area contributed by atoms with Crippen molar-refractivity contribution in [1.29, 1.82) is 0 Å². The molecule has 1 heterocycles. The first-order valence-corrected chi connectivity index (χ1v) is 9.25. The summed E-state index contributed by atoms with van der Waals surface area (Å²) in [4.78, 5) is 0. The Morgan fingerprint density at radius 1 is 1.12 bits per heavy atom.